The number of thiol groups is 1. The minimum atomic E-state index is 1.07. The lowest BCUT2D eigenvalue weighted by molar-refractivity contribution is 0.670. The Balaban J connectivity index is 1.36. The molecule has 5 heteroatoms. The smallest absolute Gasteiger partial charge is 0.0449 e. The standard InChI is InChI=1S/C39H44S5/c1-4-6-8-10-13-32(40)14-12-16-34-18-21-36(42-34)30-25-29(35-20-17-28(3)41-35)26-31(27-30)37-23-24-39(44-37)38-22-19-33(43-38)15-11-9-7-5-2/h12,14,16-27,40H,4-11,13,15H2,1-3H3/b16-12+,32-14-. The molecule has 0 nitrogen and oxygen atoms in total. The third kappa shape index (κ3) is 9.43. The lowest BCUT2D eigenvalue weighted by atomic mass is 10.0. The molecular formula is C39H44S5. The van der Waals surface area contributed by atoms with Gasteiger partial charge >= 0.3 is 0 Å². The Bertz CT molecular complexity index is 1670. The SMILES string of the molecule is CCCCCC/C(S)=C/C=C/c1ccc(-c2cc(-c3ccc(C)s3)cc(-c3ccc(-c4ccc(CCCCCC)s4)s3)c2)s1. The highest BCUT2D eigenvalue weighted by Crippen LogP contribution is 2.42. The average molecular weight is 673 g/mol. The fraction of sp³-hybridized carbons (Fsp3) is 0.333. The molecule has 0 spiro atoms. The Kier molecular flexibility index (Phi) is 12.8. The van der Waals surface area contributed by atoms with E-state index < -0.39 is 0 Å². The fourth-order valence-corrected chi connectivity index (χ4v) is 9.45. The molecule has 0 fully saturated rings. The van der Waals surface area contributed by atoms with E-state index in [1.807, 2.05) is 45.3 Å². The van der Waals surface area contributed by atoms with E-state index in [4.69, 9.17) is 12.6 Å². The Morgan fingerprint density at radius 3 is 1.91 bits per heavy atom. The molecule has 44 heavy (non-hydrogen) atoms. The van der Waals surface area contributed by atoms with Gasteiger partial charge in [-0.1, -0.05) is 64.5 Å². The van der Waals surface area contributed by atoms with Crippen molar-refractivity contribution in [3.8, 4) is 41.1 Å². The van der Waals surface area contributed by atoms with Crippen molar-refractivity contribution >= 4 is 64.1 Å². The van der Waals surface area contributed by atoms with Crippen molar-refractivity contribution in [2.75, 3.05) is 0 Å². The Morgan fingerprint density at radius 2 is 1.20 bits per heavy atom. The molecule has 0 aliphatic rings. The van der Waals surface area contributed by atoms with E-state index in [0.29, 0.717) is 0 Å². The van der Waals surface area contributed by atoms with Crippen molar-refractivity contribution in [2.24, 2.45) is 0 Å². The molecule has 4 aromatic heterocycles. The summed E-state index contributed by atoms with van der Waals surface area (Å²) >= 11 is 12.3. The fourth-order valence-electron chi connectivity index (χ4n) is 5.31. The Morgan fingerprint density at radius 1 is 0.614 bits per heavy atom. The van der Waals surface area contributed by atoms with Crippen LogP contribution in [0.4, 0.5) is 0 Å². The zero-order valence-electron chi connectivity index (χ0n) is 26.2. The number of hydrogen-bond acceptors (Lipinski definition) is 5. The molecule has 0 amide bonds. The first-order chi connectivity index (χ1) is 21.5. The van der Waals surface area contributed by atoms with Crippen LogP contribution in [0, 0.1) is 6.92 Å². The molecule has 4 heterocycles. The summed E-state index contributed by atoms with van der Waals surface area (Å²) in [6.45, 7) is 6.73. The molecule has 0 aliphatic heterocycles. The van der Waals surface area contributed by atoms with Gasteiger partial charge in [0.15, 0.2) is 0 Å². The van der Waals surface area contributed by atoms with Gasteiger partial charge in [-0.25, -0.2) is 0 Å². The molecule has 0 unspecified atom stereocenters. The van der Waals surface area contributed by atoms with Gasteiger partial charge in [-0.2, -0.15) is 0 Å². The van der Waals surface area contributed by atoms with Gasteiger partial charge in [-0.05, 0) is 127 Å². The molecule has 0 bridgehead atoms. The summed E-state index contributed by atoms with van der Waals surface area (Å²) in [5.41, 5.74) is 3.88. The van der Waals surface area contributed by atoms with Crippen LogP contribution in [0.1, 0.15) is 86.3 Å². The number of rotatable bonds is 16. The van der Waals surface area contributed by atoms with Crippen LogP contribution >= 0.6 is 58.0 Å². The van der Waals surface area contributed by atoms with Crippen LogP contribution in [0.3, 0.4) is 0 Å². The van der Waals surface area contributed by atoms with E-state index in [2.05, 4.69) is 106 Å². The first-order valence-electron chi connectivity index (χ1n) is 16.1. The number of aryl methyl sites for hydroxylation is 2. The highest BCUT2D eigenvalue weighted by molar-refractivity contribution is 7.84. The normalized spacial score (nSPS) is 12.1. The summed E-state index contributed by atoms with van der Waals surface area (Å²) in [4.78, 5) is 12.0. The van der Waals surface area contributed by atoms with Crippen LogP contribution in [-0.4, -0.2) is 0 Å². The molecular weight excluding hydrogens is 629 g/mol. The second kappa shape index (κ2) is 17.0. The summed E-state index contributed by atoms with van der Waals surface area (Å²) in [5.74, 6) is 0. The van der Waals surface area contributed by atoms with E-state index in [9.17, 15) is 0 Å². The molecule has 0 atom stereocenters. The van der Waals surface area contributed by atoms with Gasteiger partial charge < -0.3 is 0 Å². The Labute approximate surface area is 286 Å². The molecule has 5 aromatic rings. The summed E-state index contributed by atoms with van der Waals surface area (Å²) in [6.07, 6.45) is 19.2. The van der Waals surface area contributed by atoms with Gasteiger partial charge in [0.25, 0.3) is 0 Å². The molecule has 0 aliphatic carbocycles. The topological polar surface area (TPSA) is 0 Å². The largest absolute Gasteiger partial charge is 0.148 e. The summed E-state index contributed by atoms with van der Waals surface area (Å²) in [7, 11) is 0. The van der Waals surface area contributed by atoms with Crippen LogP contribution < -0.4 is 0 Å². The van der Waals surface area contributed by atoms with E-state index in [1.165, 1.54) is 118 Å². The van der Waals surface area contributed by atoms with Gasteiger partial charge in [0.1, 0.15) is 0 Å². The Hall–Kier alpha value is -2.15. The summed E-state index contributed by atoms with van der Waals surface area (Å²) in [5, 5.41) is 0. The molecule has 0 saturated carbocycles. The second-order valence-electron chi connectivity index (χ2n) is 11.5. The first kappa shape index (κ1) is 33.2. The molecule has 5 rings (SSSR count). The minimum absolute atomic E-state index is 1.07. The maximum absolute atomic E-state index is 4.70. The van der Waals surface area contributed by atoms with Crippen molar-refractivity contribution in [1.29, 1.82) is 0 Å². The number of unbranched alkanes of at least 4 members (excludes halogenated alkanes) is 6. The highest BCUT2D eigenvalue weighted by atomic mass is 32.1. The molecule has 0 radical (unpaired) electrons. The predicted octanol–water partition coefficient (Wildman–Crippen LogP) is 14.8. The van der Waals surface area contributed by atoms with Crippen LogP contribution in [0.5, 0.6) is 0 Å². The minimum Gasteiger partial charge on any atom is -0.148 e. The second-order valence-corrected chi connectivity index (χ2v) is 16.7. The van der Waals surface area contributed by atoms with Crippen molar-refractivity contribution in [1.82, 2.24) is 0 Å². The van der Waals surface area contributed by atoms with Gasteiger partial charge in [-0.3, -0.25) is 0 Å². The third-order valence-corrected chi connectivity index (χ3v) is 12.8. The number of allylic oxidation sites excluding steroid dienone is 3. The lowest BCUT2D eigenvalue weighted by Crippen LogP contribution is -1.81. The monoisotopic (exact) mass is 672 g/mol. The van der Waals surface area contributed by atoms with Crippen LogP contribution in [0.25, 0.3) is 47.2 Å². The van der Waals surface area contributed by atoms with Gasteiger partial charge in [-0.15, -0.1) is 58.0 Å². The zero-order chi connectivity index (χ0) is 30.7. The van der Waals surface area contributed by atoms with Gasteiger partial charge in [0.05, 0.1) is 0 Å². The summed E-state index contributed by atoms with van der Waals surface area (Å²) < 4.78 is 0. The number of benzene rings is 1. The quantitative estimate of drug-likeness (QED) is 0.0602. The molecule has 1 aromatic carbocycles. The molecule has 0 N–H and O–H groups in total. The van der Waals surface area contributed by atoms with E-state index >= 15 is 0 Å². The van der Waals surface area contributed by atoms with Crippen molar-refractivity contribution in [3.05, 3.63) is 98.4 Å². The van der Waals surface area contributed by atoms with E-state index in [-0.39, 0.29) is 0 Å². The van der Waals surface area contributed by atoms with Crippen molar-refractivity contribution in [2.45, 2.75) is 85.0 Å². The van der Waals surface area contributed by atoms with E-state index in [0.717, 1.165) is 6.42 Å². The number of thiophene rings is 4. The number of hydrogen-bond donors (Lipinski definition) is 1. The van der Waals surface area contributed by atoms with E-state index in [1.54, 1.807) is 0 Å². The highest BCUT2D eigenvalue weighted by Gasteiger charge is 2.13. The van der Waals surface area contributed by atoms with Gasteiger partial charge in [0.2, 0.25) is 0 Å². The zero-order valence-corrected chi connectivity index (χ0v) is 30.4. The predicted molar refractivity (Wildman–Crippen MR) is 207 cm³/mol. The maximum Gasteiger partial charge on any atom is 0.0449 e. The van der Waals surface area contributed by atoms with Crippen molar-refractivity contribution in [3.63, 3.8) is 0 Å². The van der Waals surface area contributed by atoms with Gasteiger partial charge in [0, 0.05) is 39.0 Å². The first-order valence-corrected chi connectivity index (χ1v) is 19.8. The van der Waals surface area contributed by atoms with Crippen molar-refractivity contribution < 1.29 is 0 Å². The third-order valence-electron chi connectivity index (χ3n) is 7.78. The van der Waals surface area contributed by atoms with Crippen LogP contribution in [0.15, 0.2) is 83.8 Å². The molecule has 230 valence electrons. The maximum atomic E-state index is 4.70. The molecule has 0 saturated heterocycles. The van der Waals surface area contributed by atoms with Crippen LogP contribution in [0.2, 0.25) is 0 Å². The average Bonchev–Trinajstić information content (AvgIpc) is 3.85. The summed E-state index contributed by atoms with van der Waals surface area (Å²) in [6, 6.07) is 25.4. The van der Waals surface area contributed by atoms with Crippen LogP contribution in [-0.2, 0) is 6.42 Å². The lowest BCUT2D eigenvalue weighted by Gasteiger charge is -2.07.